The highest BCUT2D eigenvalue weighted by Crippen LogP contribution is 2.33. The molecule has 0 aliphatic heterocycles. The van der Waals surface area contributed by atoms with E-state index in [-0.39, 0.29) is 4.99 Å². The molecule has 2 aromatic rings. The average molecular weight is 343 g/mol. The first kappa shape index (κ1) is 13.3. The van der Waals surface area contributed by atoms with Crippen molar-refractivity contribution in [3.05, 3.63) is 57.5 Å². The third kappa shape index (κ3) is 2.83. The zero-order valence-corrected chi connectivity index (χ0v) is 12.3. The Hall–Kier alpha value is -1.10. The summed E-state index contributed by atoms with van der Waals surface area (Å²) >= 11 is 14.5. The molecule has 0 heterocycles. The first-order valence-electron chi connectivity index (χ1n) is 5.10. The van der Waals surface area contributed by atoms with Gasteiger partial charge in [0.2, 0.25) is 0 Å². The molecule has 0 aliphatic rings. The van der Waals surface area contributed by atoms with E-state index in [2.05, 4.69) is 15.9 Å². The smallest absolute Gasteiger partial charge is 0.141 e. The molecule has 92 valence electrons. The number of rotatable bonds is 3. The molecule has 2 aromatic carbocycles. The monoisotopic (exact) mass is 341 g/mol. The molecule has 0 radical (unpaired) electrons. The summed E-state index contributed by atoms with van der Waals surface area (Å²) in [5.41, 5.74) is 6.21. The van der Waals surface area contributed by atoms with Gasteiger partial charge in [0.1, 0.15) is 16.5 Å². The van der Waals surface area contributed by atoms with E-state index < -0.39 is 0 Å². The standard InChI is InChI=1S/C13H9BrClNOS/c14-8-4-1-2-6-10(8)17-11-7-3-5-9(15)12(11)13(16)18/h1-7H,(H2,16,18). The van der Waals surface area contributed by atoms with E-state index >= 15 is 0 Å². The van der Waals surface area contributed by atoms with Gasteiger partial charge in [0.25, 0.3) is 0 Å². The summed E-state index contributed by atoms with van der Waals surface area (Å²) in [4.78, 5) is 0.211. The number of hydrogen-bond acceptors (Lipinski definition) is 2. The van der Waals surface area contributed by atoms with Gasteiger partial charge in [-0.15, -0.1) is 0 Å². The summed E-state index contributed by atoms with van der Waals surface area (Å²) < 4.78 is 6.63. The quantitative estimate of drug-likeness (QED) is 0.832. The summed E-state index contributed by atoms with van der Waals surface area (Å²) in [5.74, 6) is 1.22. The molecule has 2 N–H and O–H groups in total. The molecule has 0 amide bonds. The van der Waals surface area contributed by atoms with Crippen molar-refractivity contribution in [1.29, 1.82) is 0 Å². The van der Waals surface area contributed by atoms with Crippen LogP contribution in [0.2, 0.25) is 5.02 Å². The number of nitrogens with two attached hydrogens (primary N) is 1. The van der Waals surface area contributed by atoms with Crippen molar-refractivity contribution in [3.63, 3.8) is 0 Å². The highest BCUT2D eigenvalue weighted by Gasteiger charge is 2.12. The molecular weight excluding hydrogens is 334 g/mol. The number of halogens is 2. The van der Waals surface area contributed by atoms with E-state index in [4.69, 9.17) is 34.3 Å². The van der Waals surface area contributed by atoms with E-state index in [1.807, 2.05) is 24.3 Å². The van der Waals surface area contributed by atoms with Crippen LogP contribution in [0.5, 0.6) is 11.5 Å². The van der Waals surface area contributed by atoms with Crippen molar-refractivity contribution in [2.45, 2.75) is 0 Å². The first-order chi connectivity index (χ1) is 8.59. The van der Waals surface area contributed by atoms with E-state index in [0.717, 1.165) is 4.47 Å². The van der Waals surface area contributed by atoms with Gasteiger partial charge in [-0.3, -0.25) is 0 Å². The van der Waals surface area contributed by atoms with Crippen LogP contribution in [0, 0.1) is 0 Å². The van der Waals surface area contributed by atoms with Crippen molar-refractivity contribution in [3.8, 4) is 11.5 Å². The van der Waals surface area contributed by atoms with Crippen LogP contribution in [-0.2, 0) is 0 Å². The lowest BCUT2D eigenvalue weighted by atomic mass is 10.2. The lowest BCUT2D eigenvalue weighted by Crippen LogP contribution is -2.11. The molecule has 2 nitrogen and oxygen atoms in total. The molecule has 0 saturated heterocycles. The Kier molecular flexibility index (Phi) is 4.22. The minimum absolute atomic E-state index is 0.211. The van der Waals surface area contributed by atoms with Gasteiger partial charge in [0.15, 0.2) is 0 Å². The van der Waals surface area contributed by atoms with Crippen molar-refractivity contribution < 1.29 is 4.74 Å². The molecule has 0 unspecified atom stereocenters. The van der Waals surface area contributed by atoms with Crippen LogP contribution >= 0.6 is 39.7 Å². The SMILES string of the molecule is NC(=S)c1c(Cl)cccc1Oc1ccccc1Br. The molecule has 0 fully saturated rings. The summed E-state index contributed by atoms with van der Waals surface area (Å²) in [6, 6.07) is 12.8. The normalized spacial score (nSPS) is 10.1. The van der Waals surface area contributed by atoms with Gasteiger partial charge < -0.3 is 10.5 Å². The predicted octanol–water partition coefficient (Wildman–Crippen LogP) is 4.53. The molecule has 0 saturated carbocycles. The molecule has 0 aliphatic carbocycles. The maximum atomic E-state index is 6.07. The van der Waals surface area contributed by atoms with Gasteiger partial charge in [-0.2, -0.15) is 0 Å². The Morgan fingerprint density at radius 3 is 2.44 bits per heavy atom. The number of benzene rings is 2. The fourth-order valence-electron chi connectivity index (χ4n) is 1.47. The third-order valence-corrected chi connectivity index (χ3v) is 3.45. The van der Waals surface area contributed by atoms with Crippen molar-refractivity contribution in [1.82, 2.24) is 0 Å². The van der Waals surface area contributed by atoms with Crippen LogP contribution in [0.25, 0.3) is 0 Å². The van der Waals surface area contributed by atoms with Crippen LogP contribution < -0.4 is 10.5 Å². The minimum atomic E-state index is 0.211. The second-order valence-electron chi connectivity index (χ2n) is 3.51. The Morgan fingerprint density at radius 1 is 1.11 bits per heavy atom. The number of para-hydroxylation sites is 1. The van der Waals surface area contributed by atoms with E-state index in [1.165, 1.54) is 0 Å². The van der Waals surface area contributed by atoms with Crippen molar-refractivity contribution in [2.75, 3.05) is 0 Å². The van der Waals surface area contributed by atoms with E-state index in [9.17, 15) is 0 Å². The molecule has 0 spiro atoms. The number of ether oxygens (including phenoxy) is 1. The molecular formula is C13H9BrClNOS. The highest BCUT2D eigenvalue weighted by molar-refractivity contribution is 9.10. The summed E-state index contributed by atoms with van der Waals surface area (Å²) in [6.45, 7) is 0. The largest absolute Gasteiger partial charge is 0.455 e. The number of thiocarbonyl (C=S) groups is 1. The topological polar surface area (TPSA) is 35.2 Å². The minimum Gasteiger partial charge on any atom is -0.455 e. The lowest BCUT2D eigenvalue weighted by molar-refractivity contribution is 0.479. The fourth-order valence-corrected chi connectivity index (χ4v) is 2.37. The zero-order valence-electron chi connectivity index (χ0n) is 9.19. The molecule has 0 atom stereocenters. The van der Waals surface area contributed by atoms with Gasteiger partial charge in [-0.05, 0) is 40.2 Å². The summed E-state index contributed by atoms with van der Waals surface area (Å²) in [7, 11) is 0. The Morgan fingerprint density at radius 2 is 1.78 bits per heavy atom. The lowest BCUT2D eigenvalue weighted by Gasteiger charge is -2.12. The van der Waals surface area contributed by atoms with Crippen LogP contribution in [0.1, 0.15) is 5.56 Å². The molecule has 2 rings (SSSR count). The van der Waals surface area contributed by atoms with Gasteiger partial charge >= 0.3 is 0 Å². The second kappa shape index (κ2) is 5.69. The van der Waals surface area contributed by atoms with Crippen molar-refractivity contribution >= 4 is 44.7 Å². The van der Waals surface area contributed by atoms with Gasteiger partial charge in [0.05, 0.1) is 15.1 Å². The Bertz CT molecular complexity index is 603. The first-order valence-corrected chi connectivity index (χ1v) is 6.68. The Balaban J connectivity index is 2.44. The predicted molar refractivity (Wildman–Crippen MR) is 81.6 cm³/mol. The number of hydrogen-bond donors (Lipinski definition) is 1. The van der Waals surface area contributed by atoms with Crippen LogP contribution in [0.3, 0.4) is 0 Å². The molecule has 0 aromatic heterocycles. The average Bonchev–Trinajstić information content (AvgIpc) is 2.31. The zero-order chi connectivity index (χ0) is 13.1. The summed E-state index contributed by atoms with van der Waals surface area (Å²) in [6.07, 6.45) is 0. The van der Waals surface area contributed by atoms with Crippen molar-refractivity contribution in [2.24, 2.45) is 5.73 Å². The Labute approximate surface area is 124 Å². The molecule has 18 heavy (non-hydrogen) atoms. The highest BCUT2D eigenvalue weighted by atomic mass is 79.9. The van der Waals surface area contributed by atoms with Gasteiger partial charge in [0, 0.05) is 0 Å². The van der Waals surface area contributed by atoms with E-state index in [1.54, 1.807) is 18.2 Å². The molecule has 5 heteroatoms. The summed E-state index contributed by atoms with van der Waals surface area (Å²) in [5, 5.41) is 0.479. The third-order valence-electron chi connectivity index (χ3n) is 2.28. The second-order valence-corrected chi connectivity index (χ2v) is 5.21. The fraction of sp³-hybridized carbons (Fsp3) is 0. The van der Waals surface area contributed by atoms with Crippen LogP contribution in [-0.4, -0.2) is 4.99 Å². The van der Waals surface area contributed by atoms with Gasteiger partial charge in [-0.1, -0.05) is 42.0 Å². The van der Waals surface area contributed by atoms with Crippen LogP contribution in [0.15, 0.2) is 46.9 Å². The maximum absolute atomic E-state index is 6.07. The van der Waals surface area contributed by atoms with Gasteiger partial charge in [-0.25, -0.2) is 0 Å². The maximum Gasteiger partial charge on any atom is 0.141 e. The van der Waals surface area contributed by atoms with E-state index in [0.29, 0.717) is 22.1 Å². The molecule has 0 bridgehead atoms. The van der Waals surface area contributed by atoms with Crippen LogP contribution in [0.4, 0.5) is 0 Å².